The highest BCUT2D eigenvalue weighted by atomic mass is 35.5. The Morgan fingerprint density at radius 2 is 1.87 bits per heavy atom. The van der Waals surface area contributed by atoms with E-state index in [4.69, 9.17) is 32.7 Å². The van der Waals surface area contributed by atoms with Gasteiger partial charge in [0.15, 0.2) is 0 Å². The Hall–Kier alpha value is -2.08. The van der Waals surface area contributed by atoms with E-state index in [9.17, 15) is 9.59 Å². The van der Waals surface area contributed by atoms with Crippen LogP contribution in [0.1, 0.15) is 50.0 Å². The molecule has 1 aliphatic heterocycles. The standard InChI is InChI=1S/C23H25Cl2NO4/c1-3-6-19(23(28)29-4-2)26-20(27)14-30-22(16-7-5-8-18(25)13-16)21(26)15-9-11-17(24)12-10-15/h5,7-13,19,21-22H,3-4,6,14H2,1-2H3/t19-,21-,22+/m0/s1. The summed E-state index contributed by atoms with van der Waals surface area (Å²) < 4.78 is 11.3. The largest absolute Gasteiger partial charge is 0.464 e. The van der Waals surface area contributed by atoms with E-state index in [1.165, 1.54) is 0 Å². The molecule has 2 aromatic rings. The van der Waals surface area contributed by atoms with E-state index in [0.717, 1.165) is 17.5 Å². The summed E-state index contributed by atoms with van der Waals surface area (Å²) in [6, 6.07) is 13.4. The number of rotatable bonds is 7. The highest BCUT2D eigenvalue weighted by molar-refractivity contribution is 6.30. The molecule has 0 bridgehead atoms. The fourth-order valence-corrected chi connectivity index (χ4v) is 4.16. The number of hydrogen-bond donors (Lipinski definition) is 0. The number of carbonyl (C=O) groups excluding carboxylic acids is 2. The van der Waals surface area contributed by atoms with Crippen LogP contribution in [0.3, 0.4) is 0 Å². The molecule has 3 rings (SSSR count). The van der Waals surface area contributed by atoms with Gasteiger partial charge in [-0.2, -0.15) is 0 Å². The molecule has 7 heteroatoms. The lowest BCUT2D eigenvalue weighted by molar-refractivity contribution is -0.174. The molecular weight excluding hydrogens is 425 g/mol. The van der Waals surface area contributed by atoms with Gasteiger partial charge in [0.05, 0.1) is 12.6 Å². The number of nitrogens with zero attached hydrogens (tertiary/aromatic N) is 1. The Balaban J connectivity index is 2.11. The van der Waals surface area contributed by atoms with Crippen molar-refractivity contribution in [2.24, 2.45) is 0 Å². The molecule has 0 aliphatic carbocycles. The maximum Gasteiger partial charge on any atom is 0.328 e. The molecule has 1 aliphatic rings. The SMILES string of the molecule is CCC[C@@H](C(=O)OCC)N1C(=O)CO[C@H](c2cccc(Cl)c2)[C@@H]1c1ccc(Cl)cc1. The van der Waals surface area contributed by atoms with Crippen LogP contribution in [0.4, 0.5) is 0 Å². The summed E-state index contributed by atoms with van der Waals surface area (Å²) in [5.41, 5.74) is 1.65. The molecule has 1 saturated heterocycles. The minimum atomic E-state index is -0.700. The monoisotopic (exact) mass is 449 g/mol. The van der Waals surface area contributed by atoms with Crippen molar-refractivity contribution >= 4 is 35.1 Å². The van der Waals surface area contributed by atoms with Gasteiger partial charge in [0.2, 0.25) is 5.91 Å². The molecule has 0 saturated carbocycles. The summed E-state index contributed by atoms with van der Waals surface area (Å²) in [6.45, 7) is 3.86. The number of benzene rings is 2. The molecule has 0 N–H and O–H groups in total. The van der Waals surface area contributed by atoms with Gasteiger partial charge in [0.25, 0.3) is 0 Å². The number of ether oxygens (including phenoxy) is 2. The summed E-state index contributed by atoms with van der Waals surface area (Å²) in [4.78, 5) is 27.5. The third-order valence-electron chi connectivity index (χ3n) is 5.11. The van der Waals surface area contributed by atoms with Crippen LogP contribution in [0.25, 0.3) is 0 Å². The van der Waals surface area contributed by atoms with Crippen LogP contribution < -0.4 is 0 Å². The van der Waals surface area contributed by atoms with Gasteiger partial charge in [-0.25, -0.2) is 4.79 Å². The van der Waals surface area contributed by atoms with E-state index in [2.05, 4.69) is 0 Å². The van der Waals surface area contributed by atoms with Gasteiger partial charge < -0.3 is 14.4 Å². The van der Waals surface area contributed by atoms with Crippen molar-refractivity contribution in [2.75, 3.05) is 13.2 Å². The van der Waals surface area contributed by atoms with Crippen LogP contribution in [0.2, 0.25) is 10.0 Å². The second-order valence-electron chi connectivity index (χ2n) is 7.14. The average Bonchev–Trinajstić information content (AvgIpc) is 2.73. The number of amides is 1. The lowest BCUT2D eigenvalue weighted by Crippen LogP contribution is -2.53. The third kappa shape index (κ3) is 4.97. The molecular formula is C23H25Cl2NO4. The first-order valence-electron chi connectivity index (χ1n) is 10.1. The van der Waals surface area contributed by atoms with E-state index >= 15 is 0 Å². The van der Waals surface area contributed by atoms with Crippen molar-refractivity contribution in [3.05, 3.63) is 69.7 Å². The average molecular weight is 450 g/mol. The quantitative estimate of drug-likeness (QED) is 0.533. The third-order valence-corrected chi connectivity index (χ3v) is 5.59. The van der Waals surface area contributed by atoms with Gasteiger partial charge in [0, 0.05) is 10.0 Å². The predicted octanol–water partition coefficient (Wildman–Crippen LogP) is 5.37. The molecule has 2 aromatic carbocycles. The number of halogens is 2. The Morgan fingerprint density at radius 3 is 2.50 bits per heavy atom. The molecule has 0 aromatic heterocycles. The zero-order chi connectivity index (χ0) is 21.7. The number of carbonyl (C=O) groups is 2. The lowest BCUT2D eigenvalue weighted by Gasteiger charge is -2.44. The van der Waals surface area contributed by atoms with Crippen LogP contribution in [0.5, 0.6) is 0 Å². The molecule has 1 fully saturated rings. The zero-order valence-corrected chi connectivity index (χ0v) is 18.5. The van der Waals surface area contributed by atoms with Crippen LogP contribution in [-0.4, -0.2) is 36.0 Å². The number of esters is 1. The molecule has 0 spiro atoms. The van der Waals surface area contributed by atoms with E-state index in [0.29, 0.717) is 16.5 Å². The number of morpholine rings is 1. The fourth-order valence-electron chi connectivity index (χ4n) is 3.84. The first-order valence-corrected chi connectivity index (χ1v) is 10.8. The van der Waals surface area contributed by atoms with Crippen molar-refractivity contribution in [1.29, 1.82) is 0 Å². The van der Waals surface area contributed by atoms with Gasteiger partial charge in [-0.15, -0.1) is 0 Å². The van der Waals surface area contributed by atoms with Crippen molar-refractivity contribution in [3.8, 4) is 0 Å². The first kappa shape index (κ1) is 22.6. The van der Waals surface area contributed by atoms with Crippen molar-refractivity contribution in [2.45, 2.75) is 44.9 Å². The highest BCUT2D eigenvalue weighted by Gasteiger charge is 2.44. The topological polar surface area (TPSA) is 55.8 Å². The molecule has 0 radical (unpaired) electrons. The van der Waals surface area contributed by atoms with Crippen molar-refractivity contribution < 1.29 is 19.1 Å². The maximum atomic E-state index is 13.1. The maximum absolute atomic E-state index is 13.1. The van der Waals surface area contributed by atoms with Crippen LogP contribution >= 0.6 is 23.2 Å². The summed E-state index contributed by atoms with van der Waals surface area (Å²) in [5.74, 6) is -0.655. The Bertz CT molecular complexity index is 887. The molecule has 3 atom stereocenters. The lowest BCUT2D eigenvalue weighted by atomic mass is 9.90. The van der Waals surface area contributed by atoms with E-state index in [1.807, 2.05) is 37.3 Å². The van der Waals surface area contributed by atoms with Gasteiger partial charge in [-0.1, -0.05) is 60.8 Å². The minimum absolute atomic E-state index is 0.124. The zero-order valence-electron chi connectivity index (χ0n) is 17.0. The van der Waals surface area contributed by atoms with E-state index in [-0.39, 0.29) is 19.1 Å². The molecule has 1 amide bonds. The van der Waals surface area contributed by atoms with Crippen LogP contribution in [-0.2, 0) is 19.1 Å². The van der Waals surface area contributed by atoms with Gasteiger partial charge in [-0.3, -0.25) is 4.79 Å². The Kier molecular flexibility index (Phi) is 7.75. The summed E-state index contributed by atoms with van der Waals surface area (Å²) >= 11 is 12.3. The van der Waals surface area contributed by atoms with E-state index < -0.39 is 24.2 Å². The number of hydrogen-bond acceptors (Lipinski definition) is 4. The molecule has 160 valence electrons. The van der Waals surface area contributed by atoms with Crippen LogP contribution in [0.15, 0.2) is 48.5 Å². The predicted molar refractivity (Wildman–Crippen MR) is 117 cm³/mol. The molecule has 5 nitrogen and oxygen atoms in total. The Morgan fingerprint density at radius 1 is 1.13 bits per heavy atom. The second kappa shape index (κ2) is 10.3. The highest BCUT2D eigenvalue weighted by Crippen LogP contribution is 2.42. The smallest absolute Gasteiger partial charge is 0.328 e. The second-order valence-corrected chi connectivity index (χ2v) is 8.01. The molecule has 30 heavy (non-hydrogen) atoms. The van der Waals surface area contributed by atoms with Crippen molar-refractivity contribution in [1.82, 2.24) is 4.90 Å². The normalized spacial score (nSPS) is 20.1. The van der Waals surface area contributed by atoms with Crippen molar-refractivity contribution in [3.63, 3.8) is 0 Å². The summed E-state index contributed by atoms with van der Waals surface area (Å²) in [5, 5.41) is 1.16. The molecule has 0 unspecified atom stereocenters. The van der Waals surface area contributed by atoms with Crippen LogP contribution in [0, 0.1) is 0 Å². The fraction of sp³-hybridized carbons (Fsp3) is 0.391. The first-order chi connectivity index (χ1) is 14.5. The molecule has 1 heterocycles. The van der Waals surface area contributed by atoms with Gasteiger partial charge in [0.1, 0.15) is 18.8 Å². The Labute approximate surface area is 186 Å². The summed E-state index contributed by atoms with van der Waals surface area (Å²) in [6.07, 6.45) is 0.733. The van der Waals surface area contributed by atoms with Gasteiger partial charge in [-0.05, 0) is 48.7 Å². The van der Waals surface area contributed by atoms with Gasteiger partial charge >= 0.3 is 5.97 Å². The van der Waals surface area contributed by atoms with E-state index in [1.54, 1.807) is 30.0 Å². The summed E-state index contributed by atoms with van der Waals surface area (Å²) in [7, 11) is 0. The minimum Gasteiger partial charge on any atom is -0.464 e.